The first kappa shape index (κ1) is 56.3. The molecule has 6 N–H and O–H groups in total. The average molecular weight is 262 g/mol. The zero-order chi connectivity index (χ0) is 0. The van der Waals surface area contributed by atoms with E-state index < -0.39 is 0 Å². The van der Waals surface area contributed by atoms with Crippen molar-refractivity contribution in [2.45, 2.75) is 0 Å². The largest absolute Gasteiger partial charge is 0.316 e. The van der Waals surface area contributed by atoms with E-state index in [4.69, 9.17) is 0 Å². The van der Waals surface area contributed by atoms with E-state index in [1.54, 1.807) is 0 Å². The molecule has 6 heteroatoms. The van der Waals surface area contributed by atoms with Crippen LogP contribution in [0.5, 0.6) is 0 Å². The van der Waals surface area contributed by atoms with Crippen LogP contribution in [0.15, 0.2) is 0 Å². The minimum Gasteiger partial charge on any atom is 0.316 e. The van der Waals surface area contributed by atoms with E-state index in [1.165, 1.54) is 0 Å². The van der Waals surface area contributed by atoms with Gasteiger partial charge in [0, 0.05) is 0 Å². The molecule has 0 aliphatic heterocycles. The molecule has 0 heterocycles. The summed E-state index contributed by atoms with van der Waals surface area (Å²) in [6.45, 7) is 0. The van der Waals surface area contributed by atoms with Gasteiger partial charge < -0.3 is 16.4 Å². The molecule has 36 valence electrons. The Morgan fingerprint density at radius 1 is 0.667 bits per heavy atom. The normalized spacial score (nSPS) is 0. The average Bonchev–Trinajstić information content (AvgIpc) is 0. The number of hydrogen-bond donors (Lipinski definition) is 0. The second-order valence-corrected chi connectivity index (χ2v) is 0. The molecule has 0 saturated heterocycles. The fraction of sp³-hybridized carbons (Fsp3) is 0. The van der Waals surface area contributed by atoms with Crippen LogP contribution in [-0.4, -0.2) is 126 Å². The summed E-state index contributed by atoms with van der Waals surface area (Å²) in [4.78, 5) is 0. The van der Waals surface area contributed by atoms with Gasteiger partial charge in [0.2, 0.25) is 0 Å². The van der Waals surface area contributed by atoms with Crippen molar-refractivity contribution in [2.24, 2.45) is 0 Å². The zero-order valence-electron chi connectivity index (χ0n) is 1.50. The predicted octanol–water partition coefficient (Wildman–Crippen LogP) is -5.22. The van der Waals surface area contributed by atoms with Gasteiger partial charge in [0.15, 0.2) is 0 Å². The third-order valence-electron chi connectivity index (χ3n) is 0. The van der Waals surface area contributed by atoms with Crippen LogP contribution in [0.2, 0.25) is 0 Å². The van der Waals surface area contributed by atoms with E-state index in [2.05, 4.69) is 0 Å². The van der Waals surface area contributed by atoms with Crippen LogP contribution < -0.4 is 0 Å². The fourth-order valence-electron chi connectivity index (χ4n) is 0. The molecule has 0 aliphatic rings. The summed E-state index contributed by atoms with van der Waals surface area (Å²) < 4.78 is 0. The quantitative estimate of drug-likeness (QED) is 0.390. The Balaban J connectivity index is 0. The van der Waals surface area contributed by atoms with Crippen molar-refractivity contribution in [3.05, 3.63) is 0 Å². The molecule has 0 spiro atoms. The van der Waals surface area contributed by atoms with Gasteiger partial charge in [-0.2, -0.15) is 0 Å². The summed E-state index contributed by atoms with van der Waals surface area (Å²) in [6.07, 6.45) is 0. The Labute approximate surface area is 123 Å². The summed E-state index contributed by atoms with van der Waals surface area (Å²) in [6, 6.07) is 0. The van der Waals surface area contributed by atoms with Gasteiger partial charge in [0.1, 0.15) is 0 Å². The van der Waals surface area contributed by atoms with Crippen LogP contribution in [0.1, 0.15) is 0 Å². The molecule has 0 aromatic rings. The van der Waals surface area contributed by atoms with E-state index in [0.29, 0.717) is 0 Å². The topological polar surface area (TPSA) is 94.5 Å². The standard InChI is InChI=1S/Ba.Ca.Mg.3H2O.6H/h;;;3*1H2;;;;;;. The van der Waals surface area contributed by atoms with Gasteiger partial charge in [-0.05, 0) is 0 Å². The maximum Gasteiger partial charge on any atom is 0.316 e. The van der Waals surface area contributed by atoms with Crippen LogP contribution in [0, 0.1) is 0 Å². The first-order valence-electron chi connectivity index (χ1n) is 0. The molecule has 0 rings (SSSR count). The summed E-state index contributed by atoms with van der Waals surface area (Å²) >= 11 is 0. The summed E-state index contributed by atoms with van der Waals surface area (Å²) in [7, 11) is 0. The van der Waals surface area contributed by atoms with E-state index >= 15 is 0 Å². The van der Waals surface area contributed by atoms with Crippen molar-refractivity contribution >= 4 is 110 Å². The fourth-order valence-corrected chi connectivity index (χ4v) is 0. The van der Waals surface area contributed by atoms with Crippen LogP contribution in [0.3, 0.4) is 0 Å². The molecule has 0 unspecified atom stereocenters. The summed E-state index contributed by atoms with van der Waals surface area (Å²) in [5.41, 5.74) is 0. The van der Waals surface area contributed by atoms with E-state index in [9.17, 15) is 0 Å². The second kappa shape index (κ2) is 39.2. The maximum absolute atomic E-state index is 0. The van der Waals surface area contributed by atoms with Gasteiger partial charge in [-0.25, -0.2) is 0 Å². The molecule has 0 aromatic heterocycles. The Morgan fingerprint density at radius 2 is 0.667 bits per heavy atom. The van der Waals surface area contributed by atoms with Gasteiger partial charge in [-0.1, -0.05) is 0 Å². The van der Waals surface area contributed by atoms with E-state index in [0.717, 1.165) is 0 Å². The summed E-state index contributed by atoms with van der Waals surface area (Å²) in [5.74, 6) is 0. The van der Waals surface area contributed by atoms with Crippen LogP contribution in [0.4, 0.5) is 0 Å². The summed E-state index contributed by atoms with van der Waals surface area (Å²) in [5, 5.41) is 0. The number of rotatable bonds is 0. The van der Waals surface area contributed by atoms with Crippen LogP contribution >= 0.6 is 0 Å². The number of hydrogen-bond acceptors (Lipinski definition) is 0. The van der Waals surface area contributed by atoms with Crippen molar-refractivity contribution in [3.63, 3.8) is 0 Å². The molecule has 0 atom stereocenters. The minimum atomic E-state index is 0. The Hall–Kier alpha value is 3.48. The van der Waals surface area contributed by atoms with E-state index in [1.807, 2.05) is 0 Å². The Kier molecular flexibility index (Phi) is 368. The SMILES string of the molecule is O.O.O.[BaH2].[CaH2].[MgH2]. The van der Waals surface area contributed by atoms with Crippen molar-refractivity contribution in [2.75, 3.05) is 0 Å². The van der Waals surface area contributed by atoms with Gasteiger partial charge in [0.25, 0.3) is 0 Å². The minimum absolute atomic E-state index is 0. The molecule has 0 amide bonds. The van der Waals surface area contributed by atoms with Crippen LogP contribution in [-0.2, 0) is 0 Å². The molecule has 0 aromatic carbocycles. The molecule has 0 saturated carbocycles. The van der Waals surface area contributed by atoms with Crippen molar-refractivity contribution in [1.82, 2.24) is 0 Å². The first-order valence-corrected chi connectivity index (χ1v) is 0. The molecule has 0 aliphatic carbocycles. The smallest absolute Gasteiger partial charge is 0.316 e. The molecular formula is H12BaCaMgO3. The van der Waals surface area contributed by atoms with E-state index in [-0.39, 0.29) is 126 Å². The van der Waals surface area contributed by atoms with Gasteiger partial charge in [-0.3, -0.25) is 0 Å². The Morgan fingerprint density at radius 3 is 0.667 bits per heavy atom. The van der Waals surface area contributed by atoms with Crippen molar-refractivity contribution < 1.29 is 16.4 Å². The van der Waals surface area contributed by atoms with Gasteiger partial charge in [-0.15, -0.1) is 0 Å². The molecule has 0 fully saturated rings. The maximum atomic E-state index is 0. The molecule has 0 radical (unpaired) electrons. The molecule has 3 nitrogen and oxygen atoms in total. The molecular weight excluding hydrogens is 250 g/mol. The van der Waals surface area contributed by atoms with Gasteiger partial charge in [0.05, 0.1) is 0 Å². The van der Waals surface area contributed by atoms with Crippen molar-refractivity contribution in [3.8, 4) is 0 Å². The van der Waals surface area contributed by atoms with Crippen molar-refractivity contribution in [1.29, 1.82) is 0 Å². The van der Waals surface area contributed by atoms with Crippen LogP contribution in [0.25, 0.3) is 0 Å². The predicted molar refractivity (Wildman–Crippen MR) is 36.5 cm³/mol. The molecule has 6 heavy (non-hydrogen) atoms. The molecule has 0 bridgehead atoms. The van der Waals surface area contributed by atoms with Gasteiger partial charge >= 0.3 is 110 Å². The third-order valence-corrected chi connectivity index (χ3v) is 0. The Bertz CT molecular complexity index is 10.8. The zero-order valence-corrected chi connectivity index (χ0v) is 1.50. The monoisotopic (exact) mass is 262 g/mol. The second-order valence-electron chi connectivity index (χ2n) is 0. The first-order chi connectivity index (χ1) is 0. The third kappa shape index (κ3) is 25.9.